The second kappa shape index (κ2) is 8.78. The molecule has 0 saturated heterocycles. The Morgan fingerprint density at radius 2 is 1.83 bits per heavy atom. The molecule has 0 saturated carbocycles. The van der Waals surface area contributed by atoms with E-state index < -0.39 is 5.97 Å². The summed E-state index contributed by atoms with van der Waals surface area (Å²) in [4.78, 5) is 22.1. The molecule has 2 atom stereocenters. The summed E-state index contributed by atoms with van der Waals surface area (Å²) in [7, 11) is 0. The smallest absolute Gasteiger partial charge is 0.315 e. The fourth-order valence-electron chi connectivity index (χ4n) is 1.69. The third-order valence-electron chi connectivity index (χ3n) is 3.08. The Hall–Kier alpha value is -1.26. The summed E-state index contributed by atoms with van der Waals surface area (Å²) in [5.41, 5.74) is 0. The first-order valence-corrected chi connectivity index (χ1v) is 6.65. The molecule has 0 heterocycles. The Morgan fingerprint density at radius 3 is 2.28 bits per heavy atom. The third-order valence-corrected chi connectivity index (χ3v) is 3.08. The van der Waals surface area contributed by atoms with Crippen LogP contribution in [0.25, 0.3) is 0 Å². The zero-order chi connectivity index (χ0) is 14.1. The number of carbonyl (C=O) groups excluding carboxylic acids is 1. The standard InChI is InChI=1S/C13H26N2O3/c1-5-11(9(2)3)15-13(18)14-8-6-7-10(4)12(16)17/h9-11H,5-8H2,1-4H3,(H,16,17)(H2,14,15,18). The second-order valence-corrected chi connectivity index (χ2v) is 5.04. The van der Waals surface area contributed by atoms with Gasteiger partial charge in [-0.2, -0.15) is 0 Å². The van der Waals surface area contributed by atoms with Gasteiger partial charge in [0, 0.05) is 12.6 Å². The van der Waals surface area contributed by atoms with Gasteiger partial charge in [-0.15, -0.1) is 0 Å². The first-order valence-electron chi connectivity index (χ1n) is 6.65. The van der Waals surface area contributed by atoms with Gasteiger partial charge in [-0.05, 0) is 25.2 Å². The van der Waals surface area contributed by atoms with Crippen LogP contribution in [0.3, 0.4) is 0 Å². The molecule has 2 unspecified atom stereocenters. The van der Waals surface area contributed by atoms with Crippen LogP contribution in [0, 0.1) is 11.8 Å². The van der Waals surface area contributed by atoms with Crippen molar-refractivity contribution in [3.8, 4) is 0 Å². The summed E-state index contributed by atoms with van der Waals surface area (Å²) in [6.45, 7) is 8.37. The quantitative estimate of drug-likeness (QED) is 0.584. The highest BCUT2D eigenvalue weighted by Crippen LogP contribution is 2.05. The van der Waals surface area contributed by atoms with Crippen LogP contribution in [0.4, 0.5) is 4.79 Å². The molecule has 0 aromatic rings. The number of carboxylic acids is 1. The van der Waals surface area contributed by atoms with E-state index >= 15 is 0 Å². The molecule has 3 N–H and O–H groups in total. The minimum Gasteiger partial charge on any atom is -0.481 e. The lowest BCUT2D eigenvalue weighted by Gasteiger charge is -2.20. The highest BCUT2D eigenvalue weighted by atomic mass is 16.4. The lowest BCUT2D eigenvalue weighted by atomic mass is 10.0. The summed E-state index contributed by atoms with van der Waals surface area (Å²) in [5, 5.41) is 14.4. The maximum Gasteiger partial charge on any atom is 0.315 e. The van der Waals surface area contributed by atoms with Gasteiger partial charge in [0.1, 0.15) is 0 Å². The molecule has 0 rings (SSSR count). The van der Waals surface area contributed by atoms with Crippen molar-refractivity contribution in [2.45, 2.75) is 53.0 Å². The van der Waals surface area contributed by atoms with Gasteiger partial charge >= 0.3 is 12.0 Å². The van der Waals surface area contributed by atoms with Crippen LogP contribution in [0.2, 0.25) is 0 Å². The molecule has 106 valence electrons. The molecule has 5 heteroatoms. The van der Waals surface area contributed by atoms with E-state index in [-0.39, 0.29) is 18.0 Å². The number of rotatable bonds is 8. The topological polar surface area (TPSA) is 78.4 Å². The van der Waals surface area contributed by atoms with Gasteiger partial charge in [0.05, 0.1) is 5.92 Å². The van der Waals surface area contributed by atoms with E-state index in [1.165, 1.54) is 0 Å². The zero-order valence-corrected chi connectivity index (χ0v) is 11.8. The van der Waals surface area contributed by atoms with Crippen LogP contribution in [-0.2, 0) is 4.79 Å². The average molecular weight is 258 g/mol. The van der Waals surface area contributed by atoms with Crippen molar-refractivity contribution in [1.29, 1.82) is 0 Å². The summed E-state index contributed by atoms with van der Waals surface area (Å²) in [5.74, 6) is -0.730. The molecule has 0 spiro atoms. The lowest BCUT2D eigenvalue weighted by Crippen LogP contribution is -2.44. The minimum absolute atomic E-state index is 0.168. The highest BCUT2D eigenvalue weighted by molar-refractivity contribution is 5.74. The van der Waals surface area contributed by atoms with Crippen LogP contribution in [0.5, 0.6) is 0 Å². The number of nitrogens with one attached hydrogen (secondary N) is 2. The number of aliphatic carboxylic acids is 1. The van der Waals surface area contributed by atoms with E-state index in [0.717, 1.165) is 6.42 Å². The summed E-state index contributed by atoms with van der Waals surface area (Å²) >= 11 is 0. The van der Waals surface area contributed by atoms with E-state index in [0.29, 0.717) is 25.3 Å². The Kier molecular flexibility index (Phi) is 8.16. The molecule has 0 aliphatic rings. The van der Waals surface area contributed by atoms with Crippen molar-refractivity contribution >= 4 is 12.0 Å². The molecule has 0 radical (unpaired) electrons. The largest absolute Gasteiger partial charge is 0.481 e. The first kappa shape index (κ1) is 16.7. The van der Waals surface area contributed by atoms with Gasteiger partial charge in [-0.25, -0.2) is 4.79 Å². The average Bonchev–Trinajstić information content (AvgIpc) is 2.30. The van der Waals surface area contributed by atoms with Crippen LogP contribution in [0.15, 0.2) is 0 Å². The maximum absolute atomic E-state index is 11.6. The fourth-order valence-corrected chi connectivity index (χ4v) is 1.69. The van der Waals surface area contributed by atoms with Gasteiger partial charge in [-0.1, -0.05) is 27.7 Å². The summed E-state index contributed by atoms with van der Waals surface area (Å²) in [6, 6.07) is 0.0153. The van der Waals surface area contributed by atoms with Gasteiger partial charge < -0.3 is 15.7 Å². The number of hydrogen-bond acceptors (Lipinski definition) is 2. The van der Waals surface area contributed by atoms with Crippen molar-refractivity contribution in [2.75, 3.05) is 6.54 Å². The van der Waals surface area contributed by atoms with E-state index in [9.17, 15) is 9.59 Å². The highest BCUT2D eigenvalue weighted by Gasteiger charge is 2.14. The Balaban J connectivity index is 3.74. The van der Waals surface area contributed by atoms with Crippen LogP contribution in [0.1, 0.15) is 47.0 Å². The molecule has 18 heavy (non-hydrogen) atoms. The molecule has 5 nitrogen and oxygen atoms in total. The minimum atomic E-state index is -0.787. The van der Waals surface area contributed by atoms with E-state index in [1.807, 2.05) is 6.92 Å². The van der Waals surface area contributed by atoms with Crippen molar-refractivity contribution in [1.82, 2.24) is 10.6 Å². The maximum atomic E-state index is 11.6. The van der Waals surface area contributed by atoms with Gasteiger partial charge in [0.2, 0.25) is 0 Å². The lowest BCUT2D eigenvalue weighted by molar-refractivity contribution is -0.141. The van der Waals surface area contributed by atoms with Crippen LogP contribution in [-0.4, -0.2) is 29.7 Å². The number of urea groups is 1. The predicted molar refractivity (Wildman–Crippen MR) is 71.5 cm³/mol. The monoisotopic (exact) mass is 258 g/mol. The molecule has 0 aliphatic carbocycles. The van der Waals surface area contributed by atoms with E-state index in [2.05, 4.69) is 24.5 Å². The van der Waals surface area contributed by atoms with E-state index in [4.69, 9.17) is 5.11 Å². The Bertz CT molecular complexity index is 267. The van der Waals surface area contributed by atoms with Crippen molar-refractivity contribution in [3.05, 3.63) is 0 Å². The second-order valence-electron chi connectivity index (χ2n) is 5.04. The summed E-state index contributed by atoms with van der Waals surface area (Å²) in [6.07, 6.45) is 2.16. The van der Waals surface area contributed by atoms with Gasteiger partial charge in [0.15, 0.2) is 0 Å². The molecule has 0 fully saturated rings. The van der Waals surface area contributed by atoms with Crippen LogP contribution >= 0.6 is 0 Å². The normalized spacial score (nSPS) is 14.1. The van der Waals surface area contributed by atoms with E-state index in [1.54, 1.807) is 6.92 Å². The molecule has 0 aromatic heterocycles. The Morgan fingerprint density at radius 1 is 1.22 bits per heavy atom. The van der Waals surface area contributed by atoms with Gasteiger partial charge in [0.25, 0.3) is 0 Å². The molecule has 2 amide bonds. The van der Waals surface area contributed by atoms with Crippen LogP contribution < -0.4 is 10.6 Å². The predicted octanol–water partition coefficient (Wildman–Crippen LogP) is 2.22. The number of carbonyl (C=O) groups is 2. The molecule has 0 aliphatic heterocycles. The molecule has 0 bridgehead atoms. The zero-order valence-electron chi connectivity index (χ0n) is 11.8. The number of amides is 2. The SMILES string of the molecule is CCC(NC(=O)NCCCC(C)C(=O)O)C(C)C. The molecule has 0 aromatic carbocycles. The summed E-state index contributed by atoms with van der Waals surface area (Å²) < 4.78 is 0. The molecular weight excluding hydrogens is 232 g/mol. The van der Waals surface area contributed by atoms with Crippen molar-refractivity contribution < 1.29 is 14.7 Å². The van der Waals surface area contributed by atoms with Crippen molar-refractivity contribution in [2.24, 2.45) is 11.8 Å². The third kappa shape index (κ3) is 7.14. The number of carboxylic acid groups (broad SMARTS) is 1. The van der Waals surface area contributed by atoms with Crippen molar-refractivity contribution in [3.63, 3.8) is 0 Å². The Labute approximate surface area is 109 Å². The number of hydrogen-bond donors (Lipinski definition) is 3. The van der Waals surface area contributed by atoms with Gasteiger partial charge in [-0.3, -0.25) is 4.79 Å². The fraction of sp³-hybridized carbons (Fsp3) is 0.846. The first-order chi connectivity index (χ1) is 8.38. The molecular formula is C13H26N2O3.